The van der Waals surface area contributed by atoms with Crippen LogP contribution in [0.4, 0.5) is 18.9 Å². The largest absolute Gasteiger partial charge is 0.472 e. The van der Waals surface area contributed by atoms with Crippen molar-refractivity contribution in [1.82, 2.24) is 5.01 Å². The maximum Gasteiger partial charge on any atom is 0.472 e. The zero-order valence-corrected chi connectivity index (χ0v) is 19.4. The number of carbonyl (C=O) groups is 3. The van der Waals surface area contributed by atoms with Gasteiger partial charge in [-0.1, -0.05) is 35.3 Å². The molecule has 1 aliphatic rings. The van der Waals surface area contributed by atoms with Gasteiger partial charge in [0.2, 0.25) is 0 Å². The lowest BCUT2D eigenvalue weighted by Gasteiger charge is -2.26. The van der Waals surface area contributed by atoms with Gasteiger partial charge in [-0.05, 0) is 48.9 Å². The van der Waals surface area contributed by atoms with Crippen LogP contribution in [0.3, 0.4) is 0 Å². The Hall–Kier alpha value is -3.11. The van der Waals surface area contributed by atoms with Crippen LogP contribution >= 0.6 is 23.2 Å². The molecule has 0 N–H and O–H groups in total. The summed E-state index contributed by atoms with van der Waals surface area (Å²) in [5, 5.41) is 6.08. The van der Waals surface area contributed by atoms with Gasteiger partial charge in [-0.2, -0.15) is 18.3 Å². The molecule has 1 aliphatic heterocycles. The standard InChI is InChI=1S/C22H18Cl2F3N3O4/c1-21(20(33)34-2)12-29(28-18(21)13-3-5-14(23)6-4-13)11-17(31)30(19(32)22(25,26)27)16-9-7-15(24)8-10-16/h3-10H,11-12H2,1-2H3. The number of halogens is 5. The normalized spacial score (nSPS) is 17.9. The number of carbonyl (C=O) groups excluding carboxylic acids is 3. The number of rotatable bonds is 5. The van der Waals surface area contributed by atoms with E-state index >= 15 is 0 Å². The Morgan fingerprint density at radius 3 is 2.09 bits per heavy atom. The molecule has 1 atom stereocenters. The quantitative estimate of drug-likeness (QED) is 0.554. The van der Waals surface area contributed by atoms with E-state index in [0.717, 1.165) is 17.1 Å². The summed E-state index contributed by atoms with van der Waals surface area (Å²) in [7, 11) is 1.19. The molecular formula is C22H18Cl2F3N3O4. The lowest BCUT2D eigenvalue weighted by molar-refractivity contribution is -0.171. The smallest absolute Gasteiger partial charge is 0.468 e. The molecule has 0 saturated carbocycles. The van der Waals surface area contributed by atoms with E-state index in [9.17, 15) is 27.6 Å². The first-order valence-electron chi connectivity index (χ1n) is 9.75. The van der Waals surface area contributed by atoms with Crippen molar-refractivity contribution in [2.75, 3.05) is 25.1 Å². The second-order valence-electron chi connectivity index (χ2n) is 7.61. The number of anilines is 1. The third kappa shape index (κ3) is 5.18. The number of imide groups is 1. The van der Waals surface area contributed by atoms with Crippen LogP contribution in [-0.2, 0) is 19.1 Å². The molecule has 2 amide bonds. The average Bonchev–Trinajstić information content (AvgIpc) is 3.11. The van der Waals surface area contributed by atoms with Crippen molar-refractivity contribution in [2.45, 2.75) is 13.1 Å². The van der Waals surface area contributed by atoms with Crippen molar-refractivity contribution >= 4 is 52.4 Å². The first-order chi connectivity index (χ1) is 15.9. The van der Waals surface area contributed by atoms with Gasteiger partial charge in [0.15, 0.2) is 0 Å². The number of benzene rings is 2. The van der Waals surface area contributed by atoms with Gasteiger partial charge in [-0.25, -0.2) is 4.90 Å². The summed E-state index contributed by atoms with van der Waals surface area (Å²) in [5.74, 6) is -4.22. The maximum atomic E-state index is 13.2. The van der Waals surface area contributed by atoms with Crippen molar-refractivity contribution in [2.24, 2.45) is 10.5 Å². The number of ether oxygens (including phenoxy) is 1. The molecule has 1 unspecified atom stereocenters. The number of hydrogen-bond acceptors (Lipinski definition) is 6. The van der Waals surface area contributed by atoms with Crippen molar-refractivity contribution in [1.29, 1.82) is 0 Å². The topological polar surface area (TPSA) is 79.3 Å². The maximum absolute atomic E-state index is 13.2. The molecule has 2 aromatic rings. The van der Waals surface area contributed by atoms with Crippen LogP contribution in [0.25, 0.3) is 0 Å². The van der Waals surface area contributed by atoms with Crippen LogP contribution in [0.2, 0.25) is 10.0 Å². The van der Waals surface area contributed by atoms with Crippen LogP contribution < -0.4 is 4.90 Å². The second-order valence-corrected chi connectivity index (χ2v) is 8.48. The van der Waals surface area contributed by atoms with Gasteiger partial charge in [-0.15, -0.1) is 0 Å². The van der Waals surface area contributed by atoms with E-state index in [1.807, 2.05) is 0 Å². The van der Waals surface area contributed by atoms with E-state index in [2.05, 4.69) is 5.10 Å². The van der Waals surface area contributed by atoms with Gasteiger partial charge < -0.3 is 4.74 Å². The fourth-order valence-electron chi connectivity index (χ4n) is 3.51. The summed E-state index contributed by atoms with van der Waals surface area (Å²) >= 11 is 11.7. The predicted molar refractivity (Wildman–Crippen MR) is 120 cm³/mol. The lowest BCUT2D eigenvalue weighted by atomic mass is 9.82. The van der Waals surface area contributed by atoms with Crippen molar-refractivity contribution in [3.63, 3.8) is 0 Å². The second kappa shape index (κ2) is 9.63. The van der Waals surface area contributed by atoms with E-state index in [1.54, 1.807) is 24.3 Å². The molecule has 34 heavy (non-hydrogen) atoms. The van der Waals surface area contributed by atoms with Crippen LogP contribution in [0.5, 0.6) is 0 Å². The number of hydrogen-bond donors (Lipinski definition) is 0. The Labute approximate surface area is 202 Å². The number of nitrogens with zero attached hydrogens (tertiary/aromatic N) is 3. The highest BCUT2D eigenvalue weighted by Crippen LogP contribution is 2.33. The van der Waals surface area contributed by atoms with E-state index in [1.165, 1.54) is 26.2 Å². The molecule has 0 bridgehead atoms. The number of esters is 1. The summed E-state index contributed by atoms with van der Waals surface area (Å²) < 4.78 is 44.6. The Morgan fingerprint density at radius 1 is 1.06 bits per heavy atom. The zero-order valence-electron chi connectivity index (χ0n) is 17.9. The Balaban J connectivity index is 1.96. The summed E-state index contributed by atoms with van der Waals surface area (Å²) in [4.78, 5) is 37.6. The molecule has 180 valence electrons. The number of hydrazone groups is 1. The average molecular weight is 516 g/mol. The third-order valence-corrected chi connectivity index (χ3v) is 5.62. The Kier molecular flexibility index (Phi) is 7.23. The first-order valence-corrected chi connectivity index (χ1v) is 10.5. The zero-order chi connectivity index (χ0) is 25.3. The van der Waals surface area contributed by atoms with Crippen molar-refractivity contribution < 1.29 is 32.3 Å². The number of methoxy groups -OCH3 is 1. The van der Waals surface area contributed by atoms with E-state index in [-0.39, 0.29) is 27.9 Å². The number of amides is 2. The molecular weight excluding hydrogens is 498 g/mol. The molecule has 0 aromatic heterocycles. The van der Waals surface area contributed by atoms with Crippen molar-refractivity contribution in [3.8, 4) is 0 Å². The summed E-state index contributed by atoms with van der Waals surface area (Å²) in [6.07, 6.45) is -5.31. The summed E-state index contributed by atoms with van der Waals surface area (Å²) in [5.41, 5.74) is -0.895. The van der Waals surface area contributed by atoms with Gasteiger partial charge in [0.05, 0.1) is 25.1 Å². The predicted octanol–water partition coefficient (Wildman–Crippen LogP) is 4.31. The van der Waals surface area contributed by atoms with Crippen molar-refractivity contribution in [3.05, 3.63) is 64.1 Å². The van der Waals surface area contributed by atoms with E-state index in [0.29, 0.717) is 10.6 Å². The molecule has 3 rings (SSSR count). The van der Waals surface area contributed by atoms with Crippen LogP contribution in [0, 0.1) is 5.41 Å². The van der Waals surface area contributed by atoms with E-state index in [4.69, 9.17) is 27.9 Å². The summed E-state index contributed by atoms with van der Waals surface area (Å²) in [6.45, 7) is 0.654. The highest BCUT2D eigenvalue weighted by molar-refractivity contribution is 6.31. The molecule has 0 radical (unpaired) electrons. The first kappa shape index (κ1) is 25.5. The molecule has 0 fully saturated rings. The van der Waals surface area contributed by atoms with E-state index < -0.39 is 35.9 Å². The third-order valence-electron chi connectivity index (χ3n) is 5.11. The fraction of sp³-hybridized carbons (Fsp3) is 0.273. The SMILES string of the molecule is COC(=O)C1(C)CN(CC(=O)N(C(=O)C(F)(F)F)c2ccc(Cl)cc2)N=C1c1ccc(Cl)cc1. The van der Waals surface area contributed by atoms with Gasteiger partial charge >= 0.3 is 18.1 Å². The highest BCUT2D eigenvalue weighted by Gasteiger charge is 2.49. The molecule has 0 aliphatic carbocycles. The minimum atomic E-state index is -5.31. The Bertz CT molecular complexity index is 1140. The van der Waals surface area contributed by atoms with Gasteiger partial charge in [0, 0.05) is 10.0 Å². The van der Waals surface area contributed by atoms with Gasteiger partial charge in [-0.3, -0.25) is 19.4 Å². The molecule has 2 aromatic carbocycles. The minimum Gasteiger partial charge on any atom is -0.468 e. The summed E-state index contributed by atoms with van der Waals surface area (Å²) in [6, 6.07) is 11.1. The van der Waals surface area contributed by atoms with Crippen LogP contribution in [0.15, 0.2) is 53.6 Å². The van der Waals surface area contributed by atoms with Crippen LogP contribution in [0.1, 0.15) is 12.5 Å². The molecule has 0 spiro atoms. The van der Waals surface area contributed by atoms with Gasteiger partial charge in [0.1, 0.15) is 12.0 Å². The van der Waals surface area contributed by atoms with Crippen LogP contribution in [-0.4, -0.2) is 54.9 Å². The fourth-order valence-corrected chi connectivity index (χ4v) is 3.76. The molecule has 0 saturated heterocycles. The molecule has 12 heteroatoms. The lowest BCUT2D eigenvalue weighted by Crippen LogP contribution is -2.49. The Morgan fingerprint density at radius 2 is 1.59 bits per heavy atom. The molecule has 7 nitrogen and oxygen atoms in total. The molecule has 1 heterocycles. The highest BCUT2D eigenvalue weighted by atomic mass is 35.5. The minimum absolute atomic E-state index is 0.0155. The van der Waals surface area contributed by atoms with Gasteiger partial charge in [0.25, 0.3) is 5.91 Å². The monoisotopic (exact) mass is 515 g/mol. The number of alkyl halides is 3.